The maximum absolute atomic E-state index is 12.3. The number of sulfonamides is 1. The smallest absolute Gasteiger partial charge is 0.264 e. The largest absolute Gasteiger partial charge is 0.326 e. The molecule has 0 saturated heterocycles. The molecule has 0 aromatic heterocycles. The van der Waals surface area contributed by atoms with Gasteiger partial charge in [0.25, 0.3) is 10.0 Å². The van der Waals surface area contributed by atoms with E-state index in [2.05, 4.69) is 5.32 Å². The highest BCUT2D eigenvalue weighted by molar-refractivity contribution is 7.89. The Hall–Kier alpha value is -3.00. The summed E-state index contributed by atoms with van der Waals surface area (Å²) in [4.78, 5) is 17.1. The van der Waals surface area contributed by atoms with Gasteiger partial charge in [-0.25, -0.2) is 8.42 Å². The summed E-state index contributed by atoms with van der Waals surface area (Å²) in [7, 11) is -1.12. The fourth-order valence-electron chi connectivity index (χ4n) is 2.79. The summed E-state index contributed by atoms with van der Waals surface area (Å²) < 4.78 is 25.1. The van der Waals surface area contributed by atoms with Crippen molar-refractivity contribution >= 4 is 21.6 Å². The number of carbonyl (C=O) groups is 1. The van der Waals surface area contributed by atoms with Gasteiger partial charge in [0.1, 0.15) is 0 Å². The van der Waals surface area contributed by atoms with Crippen LogP contribution in [-0.2, 0) is 26.1 Å². The Bertz CT molecular complexity index is 1060. The number of amides is 1. The number of rotatable bonds is 7. The van der Waals surface area contributed by atoms with Gasteiger partial charge in [-0.05, 0) is 41.0 Å². The van der Waals surface area contributed by atoms with Gasteiger partial charge >= 0.3 is 0 Å². The van der Waals surface area contributed by atoms with E-state index in [1.807, 2.05) is 54.6 Å². The molecule has 0 aliphatic carbocycles. The van der Waals surface area contributed by atoms with E-state index < -0.39 is 10.0 Å². The standard InChI is InChI=1S/C22H22N2O4S/c1-24(28-2)29(26,27)21-14-12-20(13-15-21)23-22(25)16-17-8-10-19(11-9-17)18-6-4-3-5-7-18/h3-15H,16H2,1-2H3,(H,23,25). The lowest BCUT2D eigenvalue weighted by Gasteiger charge is -2.14. The summed E-state index contributed by atoms with van der Waals surface area (Å²) in [5, 5.41) is 2.78. The quantitative estimate of drug-likeness (QED) is 0.603. The van der Waals surface area contributed by atoms with Gasteiger partial charge in [-0.1, -0.05) is 59.1 Å². The molecular formula is C22H22N2O4S. The topological polar surface area (TPSA) is 75.7 Å². The van der Waals surface area contributed by atoms with Crippen LogP contribution in [0, 0.1) is 0 Å². The molecule has 0 bridgehead atoms. The van der Waals surface area contributed by atoms with Crippen LogP contribution in [0.1, 0.15) is 5.56 Å². The molecule has 0 heterocycles. The summed E-state index contributed by atoms with van der Waals surface area (Å²) in [6.07, 6.45) is 0.224. The van der Waals surface area contributed by atoms with Crippen molar-refractivity contribution in [2.24, 2.45) is 0 Å². The third-order valence-corrected chi connectivity index (χ3v) is 6.15. The van der Waals surface area contributed by atoms with Gasteiger partial charge in [-0.2, -0.15) is 0 Å². The van der Waals surface area contributed by atoms with Gasteiger partial charge in [0.15, 0.2) is 0 Å². The summed E-state index contributed by atoms with van der Waals surface area (Å²) >= 11 is 0. The minimum atomic E-state index is -3.71. The van der Waals surface area contributed by atoms with Crippen LogP contribution in [-0.4, -0.2) is 33.0 Å². The number of anilines is 1. The van der Waals surface area contributed by atoms with E-state index in [1.54, 1.807) is 12.1 Å². The van der Waals surface area contributed by atoms with Crippen molar-refractivity contribution in [2.45, 2.75) is 11.3 Å². The van der Waals surface area contributed by atoms with Gasteiger partial charge < -0.3 is 5.32 Å². The van der Waals surface area contributed by atoms with E-state index in [0.717, 1.165) is 21.2 Å². The maximum Gasteiger partial charge on any atom is 0.264 e. The van der Waals surface area contributed by atoms with E-state index in [1.165, 1.54) is 26.3 Å². The number of hydroxylamine groups is 1. The van der Waals surface area contributed by atoms with Crippen LogP contribution in [0.3, 0.4) is 0 Å². The highest BCUT2D eigenvalue weighted by Gasteiger charge is 2.20. The van der Waals surface area contributed by atoms with Gasteiger partial charge in [0.05, 0.1) is 18.4 Å². The number of hydrogen-bond acceptors (Lipinski definition) is 4. The molecule has 3 rings (SSSR count). The Morgan fingerprint density at radius 3 is 2.07 bits per heavy atom. The first-order valence-corrected chi connectivity index (χ1v) is 10.4. The summed E-state index contributed by atoms with van der Waals surface area (Å²) in [6.45, 7) is 0. The summed E-state index contributed by atoms with van der Waals surface area (Å²) in [5.74, 6) is -0.179. The van der Waals surface area contributed by atoms with Crippen molar-refractivity contribution < 1.29 is 18.0 Å². The van der Waals surface area contributed by atoms with E-state index >= 15 is 0 Å². The average Bonchev–Trinajstić information content (AvgIpc) is 2.74. The van der Waals surface area contributed by atoms with Crippen molar-refractivity contribution in [1.82, 2.24) is 4.47 Å². The molecule has 0 aliphatic rings. The second-order valence-corrected chi connectivity index (χ2v) is 8.35. The highest BCUT2D eigenvalue weighted by atomic mass is 32.2. The molecule has 1 amide bonds. The molecule has 6 nitrogen and oxygen atoms in total. The van der Waals surface area contributed by atoms with E-state index in [4.69, 9.17) is 4.84 Å². The molecule has 1 N–H and O–H groups in total. The maximum atomic E-state index is 12.3. The first-order chi connectivity index (χ1) is 13.9. The number of hydrogen-bond donors (Lipinski definition) is 1. The Balaban J connectivity index is 1.62. The number of nitrogens with zero attached hydrogens (tertiary/aromatic N) is 1. The molecule has 3 aromatic carbocycles. The van der Waals surface area contributed by atoms with Crippen LogP contribution >= 0.6 is 0 Å². The lowest BCUT2D eigenvalue weighted by molar-refractivity contribution is -0.115. The average molecular weight is 410 g/mol. The monoisotopic (exact) mass is 410 g/mol. The predicted octanol–water partition coefficient (Wildman–Crippen LogP) is 3.72. The third-order valence-electron chi connectivity index (χ3n) is 4.46. The number of benzene rings is 3. The van der Waals surface area contributed by atoms with Gasteiger partial charge in [-0.3, -0.25) is 9.63 Å². The zero-order valence-corrected chi connectivity index (χ0v) is 17.0. The second-order valence-electron chi connectivity index (χ2n) is 6.41. The molecule has 0 saturated carbocycles. The van der Waals surface area contributed by atoms with E-state index in [9.17, 15) is 13.2 Å². The van der Waals surface area contributed by atoms with Crippen LogP contribution in [0.25, 0.3) is 11.1 Å². The second kappa shape index (κ2) is 9.00. The molecule has 0 unspecified atom stereocenters. The third kappa shape index (κ3) is 5.08. The molecule has 0 fully saturated rings. The normalized spacial score (nSPS) is 11.4. The van der Waals surface area contributed by atoms with Crippen molar-refractivity contribution in [3.8, 4) is 11.1 Å². The molecule has 0 spiro atoms. The Morgan fingerprint density at radius 2 is 1.48 bits per heavy atom. The zero-order chi connectivity index (χ0) is 20.9. The van der Waals surface area contributed by atoms with Crippen molar-refractivity contribution in [3.05, 3.63) is 84.4 Å². The number of carbonyl (C=O) groups excluding carboxylic acids is 1. The summed E-state index contributed by atoms with van der Waals surface area (Å²) in [6, 6.07) is 23.8. The lowest BCUT2D eigenvalue weighted by atomic mass is 10.0. The first-order valence-electron chi connectivity index (χ1n) is 8.97. The van der Waals surface area contributed by atoms with Crippen LogP contribution in [0.4, 0.5) is 5.69 Å². The highest BCUT2D eigenvalue weighted by Crippen LogP contribution is 2.20. The molecule has 150 valence electrons. The SMILES string of the molecule is CON(C)S(=O)(=O)c1ccc(NC(=O)Cc2ccc(-c3ccccc3)cc2)cc1. The predicted molar refractivity (Wildman–Crippen MR) is 113 cm³/mol. The number of nitrogens with one attached hydrogen (secondary N) is 1. The molecule has 0 radical (unpaired) electrons. The minimum absolute atomic E-state index is 0.0800. The Kier molecular flexibility index (Phi) is 6.43. The zero-order valence-electron chi connectivity index (χ0n) is 16.2. The van der Waals surface area contributed by atoms with Crippen molar-refractivity contribution in [2.75, 3.05) is 19.5 Å². The van der Waals surface area contributed by atoms with Crippen LogP contribution in [0.15, 0.2) is 83.8 Å². The molecule has 3 aromatic rings. The first kappa shape index (κ1) is 20.7. The van der Waals surface area contributed by atoms with E-state index in [-0.39, 0.29) is 17.2 Å². The van der Waals surface area contributed by atoms with Gasteiger partial charge in [-0.15, -0.1) is 0 Å². The molecule has 0 aliphatic heterocycles. The van der Waals surface area contributed by atoms with Crippen LogP contribution in [0.5, 0.6) is 0 Å². The Morgan fingerprint density at radius 1 is 0.897 bits per heavy atom. The van der Waals surface area contributed by atoms with Gasteiger partial charge in [0.2, 0.25) is 5.91 Å². The fraction of sp³-hybridized carbons (Fsp3) is 0.136. The fourth-order valence-corrected chi connectivity index (χ4v) is 3.77. The lowest BCUT2D eigenvalue weighted by Crippen LogP contribution is -2.25. The summed E-state index contributed by atoms with van der Waals surface area (Å²) in [5.41, 5.74) is 3.63. The van der Waals surface area contributed by atoms with Crippen molar-refractivity contribution in [1.29, 1.82) is 0 Å². The van der Waals surface area contributed by atoms with Crippen LogP contribution in [0.2, 0.25) is 0 Å². The minimum Gasteiger partial charge on any atom is -0.326 e. The molecule has 7 heteroatoms. The van der Waals surface area contributed by atoms with Gasteiger partial charge in [0, 0.05) is 12.7 Å². The molecular weight excluding hydrogens is 388 g/mol. The molecule has 0 atom stereocenters. The van der Waals surface area contributed by atoms with Crippen molar-refractivity contribution in [3.63, 3.8) is 0 Å². The van der Waals surface area contributed by atoms with E-state index in [0.29, 0.717) is 5.69 Å². The molecule has 29 heavy (non-hydrogen) atoms. The Labute approximate surface area is 170 Å². The van der Waals surface area contributed by atoms with Crippen LogP contribution < -0.4 is 5.32 Å².